The van der Waals surface area contributed by atoms with Gasteiger partial charge >= 0.3 is 5.97 Å². The lowest BCUT2D eigenvalue weighted by molar-refractivity contribution is 0.0690. The molecule has 0 aliphatic rings. The third kappa shape index (κ3) is 2.92. The lowest BCUT2D eigenvalue weighted by Crippen LogP contribution is -2.17. The zero-order chi connectivity index (χ0) is 13.0. The number of aryl methyl sites for hydroxylation is 1. The molecule has 6 nitrogen and oxygen atoms in total. The summed E-state index contributed by atoms with van der Waals surface area (Å²) in [4.78, 5) is 19.0. The lowest BCUT2D eigenvalue weighted by Gasteiger charge is -2.05. The summed E-state index contributed by atoms with van der Waals surface area (Å²) in [5, 5.41) is 12.0. The summed E-state index contributed by atoms with van der Waals surface area (Å²) in [6.45, 7) is 1.12. The molecule has 2 N–H and O–H groups in total. The molecule has 0 bridgehead atoms. The topological polar surface area (TPSA) is 80.0 Å². The van der Waals surface area contributed by atoms with Crippen molar-refractivity contribution in [2.75, 3.05) is 0 Å². The molecule has 6 heteroatoms. The normalized spacial score (nSPS) is 10.5. The van der Waals surface area contributed by atoms with Crippen molar-refractivity contribution in [3.05, 3.63) is 47.8 Å². The number of aromatic carboxylic acids is 1. The van der Waals surface area contributed by atoms with E-state index in [0.29, 0.717) is 18.8 Å². The number of pyridine rings is 1. The maximum atomic E-state index is 10.8. The maximum absolute atomic E-state index is 10.8. The molecule has 0 aliphatic heterocycles. The van der Waals surface area contributed by atoms with Crippen molar-refractivity contribution >= 4 is 5.97 Å². The Morgan fingerprint density at radius 3 is 2.94 bits per heavy atom. The Morgan fingerprint density at radius 2 is 2.28 bits per heavy atom. The Labute approximate surface area is 104 Å². The van der Waals surface area contributed by atoms with Crippen molar-refractivity contribution in [1.82, 2.24) is 19.9 Å². The van der Waals surface area contributed by atoms with E-state index in [1.54, 1.807) is 18.3 Å². The van der Waals surface area contributed by atoms with E-state index < -0.39 is 5.97 Å². The van der Waals surface area contributed by atoms with Gasteiger partial charge in [-0.15, -0.1) is 0 Å². The number of imidazole rings is 1. The van der Waals surface area contributed by atoms with E-state index in [1.807, 2.05) is 17.8 Å². The highest BCUT2D eigenvalue weighted by molar-refractivity contribution is 5.85. The largest absolute Gasteiger partial charge is 0.477 e. The first-order valence-electron chi connectivity index (χ1n) is 5.53. The predicted molar refractivity (Wildman–Crippen MR) is 64.9 cm³/mol. The second kappa shape index (κ2) is 5.42. The predicted octanol–water partition coefficient (Wildman–Crippen LogP) is 0.803. The van der Waals surface area contributed by atoms with Crippen LogP contribution in [0.3, 0.4) is 0 Å². The standard InChI is InChI=1S/C12H14N4O2/c1-16-6-5-14-11(16)8-13-7-9-3-2-4-10(15-9)12(17)18/h2-6,13H,7-8H2,1H3,(H,17,18). The first-order chi connectivity index (χ1) is 8.66. The van der Waals surface area contributed by atoms with Gasteiger partial charge < -0.3 is 15.0 Å². The van der Waals surface area contributed by atoms with Crippen LogP contribution in [0.15, 0.2) is 30.6 Å². The number of nitrogens with zero attached hydrogens (tertiary/aromatic N) is 3. The fraction of sp³-hybridized carbons (Fsp3) is 0.250. The quantitative estimate of drug-likeness (QED) is 0.815. The minimum atomic E-state index is -1.01. The van der Waals surface area contributed by atoms with Gasteiger partial charge in [0.25, 0.3) is 0 Å². The molecule has 0 aromatic carbocycles. The van der Waals surface area contributed by atoms with E-state index in [1.165, 1.54) is 6.07 Å². The molecule has 0 saturated heterocycles. The van der Waals surface area contributed by atoms with Crippen molar-refractivity contribution in [3.8, 4) is 0 Å². The van der Waals surface area contributed by atoms with Crippen LogP contribution in [0.25, 0.3) is 0 Å². The summed E-state index contributed by atoms with van der Waals surface area (Å²) in [5.41, 5.74) is 0.760. The highest BCUT2D eigenvalue weighted by Crippen LogP contribution is 2.00. The number of carboxylic acid groups (broad SMARTS) is 1. The monoisotopic (exact) mass is 246 g/mol. The van der Waals surface area contributed by atoms with Gasteiger partial charge in [-0.05, 0) is 12.1 Å². The van der Waals surface area contributed by atoms with Crippen molar-refractivity contribution < 1.29 is 9.90 Å². The van der Waals surface area contributed by atoms with E-state index in [0.717, 1.165) is 5.82 Å². The Balaban J connectivity index is 1.92. The molecule has 0 spiro atoms. The van der Waals surface area contributed by atoms with Gasteiger partial charge in [0.1, 0.15) is 11.5 Å². The van der Waals surface area contributed by atoms with Crippen LogP contribution in [0.1, 0.15) is 22.0 Å². The Kier molecular flexibility index (Phi) is 3.69. The molecule has 2 aromatic rings. The summed E-state index contributed by atoms with van der Waals surface area (Å²) >= 11 is 0. The molecule has 0 unspecified atom stereocenters. The number of carbonyl (C=O) groups is 1. The molecule has 0 radical (unpaired) electrons. The van der Waals surface area contributed by atoms with Gasteiger partial charge in [-0.1, -0.05) is 6.07 Å². The Bertz CT molecular complexity index is 551. The molecule has 0 fully saturated rings. The molecule has 94 valence electrons. The van der Waals surface area contributed by atoms with E-state index >= 15 is 0 Å². The molecule has 2 aromatic heterocycles. The zero-order valence-electron chi connectivity index (χ0n) is 10.00. The van der Waals surface area contributed by atoms with Crippen LogP contribution >= 0.6 is 0 Å². The van der Waals surface area contributed by atoms with Gasteiger partial charge in [-0.2, -0.15) is 0 Å². The number of carboxylic acids is 1. The second-order valence-corrected chi connectivity index (χ2v) is 3.88. The molecule has 0 aliphatic carbocycles. The molecule has 0 saturated carbocycles. The van der Waals surface area contributed by atoms with E-state index in [4.69, 9.17) is 5.11 Å². The van der Waals surface area contributed by atoms with Crippen LogP contribution in [-0.2, 0) is 20.1 Å². The van der Waals surface area contributed by atoms with Gasteiger partial charge in [0, 0.05) is 26.0 Å². The van der Waals surface area contributed by atoms with Crippen LogP contribution in [0.2, 0.25) is 0 Å². The molecule has 18 heavy (non-hydrogen) atoms. The van der Waals surface area contributed by atoms with Crippen molar-refractivity contribution in [1.29, 1.82) is 0 Å². The van der Waals surface area contributed by atoms with Gasteiger partial charge in [0.15, 0.2) is 0 Å². The minimum absolute atomic E-state index is 0.0614. The average Bonchev–Trinajstić information content (AvgIpc) is 2.76. The SMILES string of the molecule is Cn1ccnc1CNCc1cccc(C(=O)O)n1. The first-order valence-corrected chi connectivity index (χ1v) is 5.53. The van der Waals surface area contributed by atoms with Gasteiger partial charge in [0.05, 0.1) is 12.2 Å². The van der Waals surface area contributed by atoms with Crippen molar-refractivity contribution in [2.45, 2.75) is 13.1 Å². The molecular weight excluding hydrogens is 232 g/mol. The smallest absolute Gasteiger partial charge is 0.354 e. The van der Waals surface area contributed by atoms with Crippen LogP contribution in [-0.4, -0.2) is 25.6 Å². The number of hydrogen-bond acceptors (Lipinski definition) is 4. The number of nitrogens with one attached hydrogen (secondary N) is 1. The number of hydrogen-bond donors (Lipinski definition) is 2. The summed E-state index contributed by atoms with van der Waals surface area (Å²) < 4.78 is 1.92. The third-order valence-electron chi connectivity index (χ3n) is 2.54. The summed E-state index contributed by atoms with van der Waals surface area (Å²) in [6, 6.07) is 4.96. The Morgan fingerprint density at radius 1 is 1.44 bits per heavy atom. The van der Waals surface area contributed by atoms with Gasteiger partial charge in [0.2, 0.25) is 0 Å². The van der Waals surface area contributed by atoms with Crippen LogP contribution < -0.4 is 5.32 Å². The summed E-state index contributed by atoms with van der Waals surface area (Å²) in [7, 11) is 1.92. The second-order valence-electron chi connectivity index (χ2n) is 3.88. The zero-order valence-corrected chi connectivity index (χ0v) is 10.00. The molecule has 0 atom stereocenters. The van der Waals surface area contributed by atoms with E-state index in [2.05, 4.69) is 15.3 Å². The highest BCUT2D eigenvalue weighted by Gasteiger charge is 2.05. The van der Waals surface area contributed by atoms with Crippen molar-refractivity contribution in [3.63, 3.8) is 0 Å². The fourth-order valence-corrected chi connectivity index (χ4v) is 1.57. The van der Waals surface area contributed by atoms with Gasteiger partial charge in [-0.3, -0.25) is 0 Å². The first kappa shape index (κ1) is 12.3. The van der Waals surface area contributed by atoms with Gasteiger partial charge in [-0.25, -0.2) is 14.8 Å². The van der Waals surface area contributed by atoms with E-state index in [-0.39, 0.29) is 5.69 Å². The lowest BCUT2D eigenvalue weighted by atomic mass is 10.3. The van der Waals surface area contributed by atoms with Crippen molar-refractivity contribution in [2.24, 2.45) is 7.05 Å². The maximum Gasteiger partial charge on any atom is 0.354 e. The molecule has 2 rings (SSSR count). The summed E-state index contributed by atoms with van der Waals surface area (Å²) in [5.74, 6) is -0.0923. The van der Waals surface area contributed by atoms with Crippen LogP contribution in [0, 0.1) is 0 Å². The number of rotatable bonds is 5. The average molecular weight is 246 g/mol. The molecular formula is C12H14N4O2. The third-order valence-corrected chi connectivity index (χ3v) is 2.54. The number of aromatic nitrogens is 3. The molecule has 2 heterocycles. The van der Waals surface area contributed by atoms with Crippen LogP contribution in [0.5, 0.6) is 0 Å². The minimum Gasteiger partial charge on any atom is -0.477 e. The highest BCUT2D eigenvalue weighted by atomic mass is 16.4. The van der Waals surface area contributed by atoms with E-state index in [9.17, 15) is 4.79 Å². The summed E-state index contributed by atoms with van der Waals surface area (Å²) in [6.07, 6.45) is 3.61. The molecule has 0 amide bonds. The fourth-order valence-electron chi connectivity index (χ4n) is 1.57. The Hall–Kier alpha value is -2.21. The van der Waals surface area contributed by atoms with Crippen LogP contribution in [0.4, 0.5) is 0 Å².